The standard InChI is InChI=1S/C22H22FNO5/c1-2-29-15-10-8-14(9-11-15)20(26)18-19(16-6-3-4-7-17(16)23)24(12-5-13-25)22(28)21(18)27/h3-4,6-11,19,25-26H,2,5,12-13H2,1H3/b20-18+. The van der Waals surface area contributed by atoms with E-state index in [-0.39, 0.29) is 36.5 Å². The highest BCUT2D eigenvalue weighted by Crippen LogP contribution is 2.40. The lowest BCUT2D eigenvalue weighted by molar-refractivity contribution is -0.140. The number of amides is 1. The molecule has 1 aliphatic rings. The van der Waals surface area contributed by atoms with E-state index in [2.05, 4.69) is 0 Å². The second-order valence-corrected chi connectivity index (χ2v) is 6.55. The molecule has 1 saturated heterocycles. The second kappa shape index (κ2) is 8.87. The van der Waals surface area contributed by atoms with Crippen molar-refractivity contribution in [2.75, 3.05) is 19.8 Å². The number of aliphatic hydroxyl groups is 2. The first kappa shape index (κ1) is 20.5. The zero-order valence-corrected chi connectivity index (χ0v) is 16.0. The summed E-state index contributed by atoms with van der Waals surface area (Å²) in [6.45, 7) is 2.19. The van der Waals surface area contributed by atoms with Crippen molar-refractivity contribution in [3.8, 4) is 5.75 Å². The molecule has 152 valence electrons. The third-order valence-corrected chi connectivity index (χ3v) is 4.74. The van der Waals surface area contributed by atoms with E-state index in [1.807, 2.05) is 6.92 Å². The number of hydrogen-bond donors (Lipinski definition) is 2. The van der Waals surface area contributed by atoms with Crippen molar-refractivity contribution in [3.63, 3.8) is 0 Å². The summed E-state index contributed by atoms with van der Waals surface area (Å²) in [5, 5.41) is 20.0. The highest BCUT2D eigenvalue weighted by Gasteiger charge is 2.46. The largest absolute Gasteiger partial charge is 0.507 e. The Morgan fingerprint density at radius 1 is 1.14 bits per heavy atom. The quantitative estimate of drug-likeness (QED) is 0.425. The van der Waals surface area contributed by atoms with Crippen molar-refractivity contribution < 1.29 is 28.9 Å². The maximum atomic E-state index is 14.5. The Balaban J connectivity index is 2.12. The van der Waals surface area contributed by atoms with E-state index < -0.39 is 23.5 Å². The van der Waals surface area contributed by atoms with Gasteiger partial charge in [-0.15, -0.1) is 0 Å². The van der Waals surface area contributed by atoms with Crippen LogP contribution >= 0.6 is 0 Å². The van der Waals surface area contributed by atoms with Crippen molar-refractivity contribution in [1.82, 2.24) is 4.90 Å². The highest BCUT2D eigenvalue weighted by atomic mass is 19.1. The van der Waals surface area contributed by atoms with E-state index in [0.29, 0.717) is 17.9 Å². The zero-order chi connectivity index (χ0) is 21.0. The predicted octanol–water partition coefficient (Wildman–Crippen LogP) is 3.03. The number of nitrogens with zero attached hydrogens (tertiary/aromatic N) is 1. The van der Waals surface area contributed by atoms with Crippen molar-refractivity contribution in [3.05, 3.63) is 71.0 Å². The normalized spacial score (nSPS) is 18.3. The van der Waals surface area contributed by atoms with Crippen LogP contribution in [0.4, 0.5) is 4.39 Å². The molecule has 2 N–H and O–H groups in total. The lowest BCUT2D eigenvalue weighted by Crippen LogP contribution is -2.31. The first-order valence-electron chi connectivity index (χ1n) is 9.36. The number of carbonyl (C=O) groups is 2. The number of likely N-dealkylation sites (tertiary alicyclic amines) is 1. The van der Waals surface area contributed by atoms with Gasteiger partial charge in [-0.3, -0.25) is 9.59 Å². The number of aliphatic hydroxyl groups excluding tert-OH is 2. The maximum Gasteiger partial charge on any atom is 0.295 e. The number of Topliss-reactive ketones (excluding diaryl/α,β-unsaturated/α-hetero) is 1. The molecular weight excluding hydrogens is 377 g/mol. The molecular formula is C22H22FNO5. The predicted molar refractivity (Wildman–Crippen MR) is 105 cm³/mol. The van der Waals surface area contributed by atoms with E-state index in [0.717, 1.165) is 0 Å². The summed E-state index contributed by atoms with van der Waals surface area (Å²) >= 11 is 0. The highest BCUT2D eigenvalue weighted by molar-refractivity contribution is 6.46. The van der Waals surface area contributed by atoms with Gasteiger partial charge in [0.25, 0.3) is 11.7 Å². The third kappa shape index (κ3) is 4.00. The smallest absolute Gasteiger partial charge is 0.295 e. The van der Waals surface area contributed by atoms with Crippen LogP contribution in [0, 0.1) is 5.82 Å². The molecule has 1 atom stereocenters. The number of rotatable bonds is 7. The van der Waals surface area contributed by atoms with Crippen LogP contribution in [-0.2, 0) is 9.59 Å². The first-order chi connectivity index (χ1) is 14.0. The Labute approximate surface area is 167 Å². The lowest BCUT2D eigenvalue weighted by Gasteiger charge is -2.25. The van der Waals surface area contributed by atoms with Gasteiger partial charge >= 0.3 is 0 Å². The Morgan fingerprint density at radius 3 is 2.45 bits per heavy atom. The Bertz CT molecular complexity index is 938. The SMILES string of the molecule is CCOc1ccc(/C(O)=C2\C(=O)C(=O)N(CCCO)C2c2ccccc2F)cc1. The fourth-order valence-electron chi connectivity index (χ4n) is 3.40. The van der Waals surface area contributed by atoms with Crippen LogP contribution in [0.25, 0.3) is 5.76 Å². The van der Waals surface area contributed by atoms with Gasteiger partial charge in [0.1, 0.15) is 17.3 Å². The maximum absolute atomic E-state index is 14.5. The van der Waals surface area contributed by atoms with Crippen LogP contribution in [0.2, 0.25) is 0 Å². The van der Waals surface area contributed by atoms with E-state index in [9.17, 15) is 19.1 Å². The van der Waals surface area contributed by atoms with Crippen LogP contribution < -0.4 is 4.74 Å². The molecule has 0 radical (unpaired) electrons. The minimum atomic E-state index is -1.07. The van der Waals surface area contributed by atoms with Crippen molar-refractivity contribution >= 4 is 17.4 Å². The van der Waals surface area contributed by atoms with E-state index >= 15 is 0 Å². The summed E-state index contributed by atoms with van der Waals surface area (Å²) in [6, 6.07) is 11.2. The van der Waals surface area contributed by atoms with Gasteiger partial charge in [-0.05, 0) is 43.7 Å². The molecule has 7 heteroatoms. The second-order valence-electron chi connectivity index (χ2n) is 6.55. The molecule has 0 spiro atoms. The molecule has 2 aromatic carbocycles. The summed E-state index contributed by atoms with van der Waals surface area (Å²) in [7, 11) is 0. The van der Waals surface area contributed by atoms with Crippen LogP contribution in [0.3, 0.4) is 0 Å². The van der Waals surface area contributed by atoms with Crippen molar-refractivity contribution in [2.24, 2.45) is 0 Å². The van der Waals surface area contributed by atoms with Crippen LogP contribution in [-0.4, -0.2) is 46.6 Å². The number of benzene rings is 2. The van der Waals surface area contributed by atoms with E-state index in [4.69, 9.17) is 9.84 Å². The molecule has 3 rings (SSSR count). The van der Waals surface area contributed by atoms with Gasteiger partial charge < -0.3 is 19.8 Å². The number of hydrogen-bond acceptors (Lipinski definition) is 5. The van der Waals surface area contributed by atoms with Crippen molar-refractivity contribution in [1.29, 1.82) is 0 Å². The van der Waals surface area contributed by atoms with Gasteiger partial charge in [-0.25, -0.2) is 4.39 Å². The molecule has 1 unspecified atom stereocenters. The molecule has 0 saturated carbocycles. The molecule has 0 aromatic heterocycles. The molecule has 0 aliphatic carbocycles. The molecule has 0 bridgehead atoms. The molecule has 1 amide bonds. The molecule has 6 nitrogen and oxygen atoms in total. The molecule has 1 aliphatic heterocycles. The lowest BCUT2D eigenvalue weighted by atomic mass is 9.95. The summed E-state index contributed by atoms with van der Waals surface area (Å²) in [4.78, 5) is 26.5. The van der Waals surface area contributed by atoms with Gasteiger partial charge in [0, 0.05) is 24.3 Å². The average molecular weight is 399 g/mol. The number of ketones is 1. The Kier molecular flexibility index (Phi) is 6.29. The monoisotopic (exact) mass is 399 g/mol. The molecule has 29 heavy (non-hydrogen) atoms. The summed E-state index contributed by atoms with van der Waals surface area (Å²) < 4.78 is 19.9. The van der Waals surface area contributed by atoms with Crippen LogP contribution in [0.15, 0.2) is 54.1 Å². The summed E-state index contributed by atoms with van der Waals surface area (Å²) in [5.41, 5.74) is 0.245. The summed E-state index contributed by atoms with van der Waals surface area (Å²) in [6.07, 6.45) is 0.223. The van der Waals surface area contributed by atoms with Crippen LogP contribution in [0.1, 0.15) is 30.5 Å². The van der Waals surface area contributed by atoms with Gasteiger partial charge in [0.15, 0.2) is 0 Å². The minimum Gasteiger partial charge on any atom is -0.507 e. The molecule has 1 heterocycles. The number of halogens is 1. The Morgan fingerprint density at radius 2 is 1.83 bits per heavy atom. The van der Waals surface area contributed by atoms with Gasteiger partial charge in [0.2, 0.25) is 0 Å². The van der Waals surface area contributed by atoms with Gasteiger partial charge in [0.05, 0.1) is 18.2 Å². The zero-order valence-electron chi connectivity index (χ0n) is 16.0. The van der Waals surface area contributed by atoms with E-state index in [1.165, 1.54) is 23.1 Å². The van der Waals surface area contributed by atoms with E-state index in [1.54, 1.807) is 30.3 Å². The third-order valence-electron chi connectivity index (χ3n) is 4.74. The van der Waals surface area contributed by atoms with Gasteiger partial charge in [-0.1, -0.05) is 18.2 Å². The number of carbonyl (C=O) groups excluding carboxylic acids is 2. The fourth-order valence-corrected chi connectivity index (χ4v) is 3.40. The first-order valence-corrected chi connectivity index (χ1v) is 9.36. The van der Waals surface area contributed by atoms with Crippen LogP contribution in [0.5, 0.6) is 5.75 Å². The minimum absolute atomic E-state index is 0.0557. The molecule has 2 aromatic rings. The molecule has 1 fully saturated rings. The number of ether oxygens (including phenoxy) is 1. The fraction of sp³-hybridized carbons (Fsp3) is 0.273. The average Bonchev–Trinajstić information content (AvgIpc) is 2.97. The van der Waals surface area contributed by atoms with Gasteiger partial charge in [-0.2, -0.15) is 0 Å². The summed E-state index contributed by atoms with van der Waals surface area (Å²) in [5.74, 6) is -2.10. The Hall–Kier alpha value is -3.19. The van der Waals surface area contributed by atoms with Crippen molar-refractivity contribution in [2.45, 2.75) is 19.4 Å². The topological polar surface area (TPSA) is 87.1 Å².